The maximum absolute atomic E-state index is 13.1. The summed E-state index contributed by atoms with van der Waals surface area (Å²) in [7, 11) is -3.52. The van der Waals surface area contributed by atoms with Crippen LogP contribution in [0, 0.1) is 5.82 Å². The molecule has 0 amide bonds. The number of hydrogen-bond acceptors (Lipinski definition) is 5. The Hall–Kier alpha value is -1.00. The second-order valence-electron chi connectivity index (χ2n) is 5.37. The lowest BCUT2D eigenvalue weighted by Gasteiger charge is -2.25. The first-order chi connectivity index (χ1) is 12.0. The van der Waals surface area contributed by atoms with Crippen molar-refractivity contribution >= 4 is 37.7 Å². The van der Waals surface area contributed by atoms with E-state index in [9.17, 15) is 12.8 Å². The topological polar surface area (TPSA) is 59.5 Å². The molecule has 1 aromatic heterocycles. The molecular weight excluding hydrogens is 431 g/mol. The molecule has 1 fully saturated rings. The Morgan fingerprint density at radius 2 is 2.00 bits per heavy atom. The van der Waals surface area contributed by atoms with E-state index < -0.39 is 10.0 Å². The molecule has 0 aliphatic carbocycles. The van der Waals surface area contributed by atoms with Gasteiger partial charge in [-0.05, 0) is 29.8 Å². The molecule has 5 nitrogen and oxygen atoms in total. The Morgan fingerprint density at radius 3 is 2.64 bits per heavy atom. The number of pyridine rings is 1. The molecule has 0 bridgehead atoms. The van der Waals surface area contributed by atoms with Gasteiger partial charge in [-0.1, -0.05) is 22.0 Å². The Kier molecular flexibility index (Phi) is 6.11. The fraction of sp³-hybridized carbons (Fsp3) is 0.312. The maximum atomic E-state index is 13.1. The quantitative estimate of drug-likeness (QED) is 0.659. The summed E-state index contributed by atoms with van der Waals surface area (Å²) in [5.74, 6) is 0.306. The Labute approximate surface area is 158 Å². The van der Waals surface area contributed by atoms with Crippen LogP contribution >= 0.6 is 27.7 Å². The van der Waals surface area contributed by atoms with E-state index in [0.29, 0.717) is 41.6 Å². The molecule has 9 heteroatoms. The number of aromatic nitrogens is 1. The molecule has 1 saturated heterocycles. The van der Waals surface area contributed by atoms with Crippen LogP contribution in [0.5, 0.6) is 0 Å². The van der Waals surface area contributed by atoms with Crippen LogP contribution in [0.3, 0.4) is 0 Å². The van der Waals surface area contributed by atoms with Gasteiger partial charge >= 0.3 is 0 Å². The highest BCUT2D eigenvalue weighted by Crippen LogP contribution is 2.27. The molecule has 1 aromatic carbocycles. The van der Waals surface area contributed by atoms with Gasteiger partial charge < -0.3 is 4.74 Å². The molecule has 134 valence electrons. The van der Waals surface area contributed by atoms with Crippen molar-refractivity contribution in [2.24, 2.45) is 0 Å². The van der Waals surface area contributed by atoms with Crippen molar-refractivity contribution in [2.75, 3.05) is 26.3 Å². The molecule has 3 rings (SSSR count). The highest BCUT2D eigenvalue weighted by atomic mass is 79.9. The zero-order valence-electron chi connectivity index (χ0n) is 13.2. The summed E-state index contributed by atoms with van der Waals surface area (Å²) in [4.78, 5) is 4.42. The lowest BCUT2D eigenvalue weighted by atomic mass is 10.2. The lowest BCUT2D eigenvalue weighted by Crippen LogP contribution is -2.40. The van der Waals surface area contributed by atoms with E-state index in [1.165, 1.54) is 34.4 Å². The molecule has 0 N–H and O–H groups in total. The van der Waals surface area contributed by atoms with Crippen LogP contribution in [-0.4, -0.2) is 44.0 Å². The number of ether oxygens (including phenoxy) is 1. The summed E-state index contributed by atoms with van der Waals surface area (Å²) in [5, 5.41) is 0.706. The van der Waals surface area contributed by atoms with Gasteiger partial charge in [-0.2, -0.15) is 4.31 Å². The third-order valence-corrected chi connectivity index (χ3v) is 7.32. The lowest BCUT2D eigenvalue weighted by molar-refractivity contribution is 0.0730. The average molecular weight is 447 g/mol. The van der Waals surface area contributed by atoms with E-state index in [4.69, 9.17) is 4.74 Å². The summed E-state index contributed by atoms with van der Waals surface area (Å²) in [6.07, 6.45) is 1.38. The second-order valence-corrected chi connectivity index (χ2v) is 9.16. The minimum atomic E-state index is -3.52. The summed E-state index contributed by atoms with van der Waals surface area (Å²) in [6.45, 7) is 1.54. The molecule has 0 spiro atoms. The van der Waals surface area contributed by atoms with Gasteiger partial charge in [0.2, 0.25) is 10.0 Å². The first-order valence-corrected chi connectivity index (χ1v) is 10.8. The Balaban J connectivity index is 1.67. The normalized spacial score (nSPS) is 16.1. The van der Waals surface area contributed by atoms with Gasteiger partial charge in [0.25, 0.3) is 0 Å². The minimum absolute atomic E-state index is 0.182. The van der Waals surface area contributed by atoms with Crippen molar-refractivity contribution in [1.82, 2.24) is 9.29 Å². The first kappa shape index (κ1) is 18.8. The summed E-state index contributed by atoms with van der Waals surface area (Å²) in [6, 6.07) is 7.80. The van der Waals surface area contributed by atoms with Gasteiger partial charge in [-0.25, -0.2) is 17.8 Å². The fourth-order valence-corrected chi connectivity index (χ4v) is 5.21. The fourth-order valence-electron chi connectivity index (χ4n) is 2.33. The van der Waals surface area contributed by atoms with Crippen molar-refractivity contribution in [2.45, 2.75) is 15.7 Å². The van der Waals surface area contributed by atoms with Crippen molar-refractivity contribution in [1.29, 1.82) is 0 Å². The molecule has 25 heavy (non-hydrogen) atoms. The zero-order chi connectivity index (χ0) is 17.9. The van der Waals surface area contributed by atoms with Gasteiger partial charge in [0.05, 0.1) is 18.2 Å². The van der Waals surface area contributed by atoms with Crippen LogP contribution in [0.15, 0.2) is 50.9 Å². The van der Waals surface area contributed by atoms with Gasteiger partial charge in [0.15, 0.2) is 0 Å². The second kappa shape index (κ2) is 8.13. The molecule has 1 aliphatic rings. The van der Waals surface area contributed by atoms with Gasteiger partial charge in [0.1, 0.15) is 10.7 Å². The number of nitrogens with zero attached hydrogens (tertiary/aromatic N) is 2. The molecule has 2 heterocycles. The van der Waals surface area contributed by atoms with Crippen LogP contribution in [0.25, 0.3) is 0 Å². The summed E-state index contributed by atoms with van der Waals surface area (Å²) in [5.41, 5.74) is 0.943. The number of benzene rings is 1. The van der Waals surface area contributed by atoms with Crippen LogP contribution in [0.2, 0.25) is 0 Å². The standard InChI is InChI=1S/C16H16BrFN2O3S2/c17-15-9-13(18)2-1-12(15)11-24-16-4-3-14(10-19-16)25(21,22)20-5-7-23-8-6-20/h1-4,9-10H,5-8,11H2. The van der Waals surface area contributed by atoms with Gasteiger partial charge in [0, 0.05) is 29.5 Å². The van der Waals surface area contributed by atoms with Gasteiger partial charge in [-0.15, -0.1) is 11.8 Å². The monoisotopic (exact) mass is 446 g/mol. The largest absolute Gasteiger partial charge is 0.379 e. The third-order valence-electron chi connectivity index (χ3n) is 3.71. The molecular formula is C16H16BrFN2O3S2. The maximum Gasteiger partial charge on any atom is 0.244 e. The van der Waals surface area contributed by atoms with Gasteiger partial charge in [-0.3, -0.25) is 0 Å². The number of thioether (sulfide) groups is 1. The van der Waals surface area contributed by atoms with E-state index in [2.05, 4.69) is 20.9 Å². The van der Waals surface area contributed by atoms with Crippen LogP contribution in [0.4, 0.5) is 4.39 Å². The van der Waals surface area contributed by atoms with Crippen LogP contribution in [0.1, 0.15) is 5.56 Å². The Bertz CT molecular complexity index is 841. The van der Waals surface area contributed by atoms with Crippen LogP contribution < -0.4 is 0 Å². The minimum Gasteiger partial charge on any atom is -0.379 e. The van der Waals surface area contributed by atoms with Crippen molar-refractivity contribution in [3.05, 3.63) is 52.4 Å². The molecule has 0 radical (unpaired) electrons. The third kappa shape index (κ3) is 4.59. The SMILES string of the molecule is O=S(=O)(c1ccc(SCc2ccc(F)cc2Br)nc1)N1CCOCC1. The van der Waals surface area contributed by atoms with Crippen molar-refractivity contribution < 1.29 is 17.5 Å². The number of morpholine rings is 1. The number of halogens is 2. The van der Waals surface area contributed by atoms with Crippen LogP contribution in [-0.2, 0) is 20.5 Å². The zero-order valence-corrected chi connectivity index (χ0v) is 16.4. The van der Waals surface area contributed by atoms with E-state index in [1.807, 2.05) is 0 Å². The first-order valence-electron chi connectivity index (χ1n) is 7.57. The predicted molar refractivity (Wildman–Crippen MR) is 97.5 cm³/mol. The summed E-state index contributed by atoms with van der Waals surface area (Å²) < 4.78 is 45.5. The van der Waals surface area contributed by atoms with E-state index in [0.717, 1.165) is 5.56 Å². The molecule has 0 unspecified atom stereocenters. The van der Waals surface area contributed by atoms with E-state index in [1.54, 1.807) is 18.2 Å². The number of sulfonamides is 1. The highest BCUT2D eigenvalue weighted by Gasteiger charge is 2.26. The molecule has 1 aliphatic heterocycles. The van der Waals surface area contributed by atoms with E-state index in [-0.39, 0.29) is 10.7 Å². The number of hydrogen-bond donors (Lipinski definition) is 0. The molecule has 2 aromatic rings. The smallest absolute Gasteiger partial charge is 0.244 e. The number of rotatable bonds is 5. The molecule has 0 atom stereocenters. The Morgan fingerprint density at radius 1 is 1.24 bits per heavy atom. The summed E-state index contributed by atoms with van der Waals surface area (Å²) >= 11 is 4.79. The average Bonchev–Trinajstić information content (AvgIpc) is 2.62. The van der Waals surface area contributed by atoms with Crippen molar-refractivity contribution in [3.63, 3.8) is 0 Å². The van der Waals surface area contributed by atoms with E-state index >= 15 is 0 Å². The molecule has 0 saturated carbocycles. The van der Waals surface area contributed by atoms with Crippen molar-refractivity contribution in [3.8, 4) is 0 Å². The highest BCUT2D eigenvalue weighted by molar-refractivity contribution is 9.10. The predicted octanol–water partition coefficient (Wildman–Crippen LogP) is 3.30.